The fourth-order valence-corrected chi connectivity index (χ4v) is 5.74. The number of alkyl carbamates (subject to hydrolysis) is 1. The maximum absolute atomic E-state index is 12.4. The summed E-state index contributed by atoms with van der Waals surface area (Å²) in [7, 11) is 0. The monoisotopic (exact) mass is 581 g/mol. The van der Waals surface area contributed by atoms with Gasteiger partial charge in [0.25, 0.3) is 0 Å². The Hall–Kier alpha value is -3.06. The average molecular weight is 583 g/mol. The number of nitrogens with zero attached hydrogens (tertiary/aromatic N) is 1. The molecule has 0 bridgehead atoms. The topological polar surface area (TPSA) is 70.7 Å². The lowest BCUT2D eigenvalue weighted by Gasteiger charge is -2.43. The number of hydrogen-bond acceptors (Lipinski definition) is 4. The van der Waals surface area contributed by atoms with E-state index in [2.05, 4.69) is 27.7 Å². The van der Waals surface area contributed by atoms with E-state index in [0.29, 0.717) is 16.6 Å². The summed E-state index contributed by atoms with van der Waals surface area (Å²) < 4.78 is 5.40. The Labute approximate surface area is 247 Å². The third-order valence-electron chi connectivity index (χ3n) is 7.60. The van der Waals surface area contributed by atoms with Crippen LogP contribution in [0.25, 0.3) is 0 Å². The first-order chi connectivity index (χ1) is 19.3. The largest absolute Gasteiger partial charge is 0.445 e. The second-order valence-corrected chi connectivity index (χ2v) is 11.2. The van der Waals surface area contributed by atoms with Crippen molar-refractivity contribution in [1.29, 1.82) is 0 Å². The smallest absolute Gasteiger partial charge is 0.407 e. The van der Waals surface area contributed by atoms with Crippen LogP contribution in [0.3, 0.4) is 0 Å². The first-order valence-electron chi connectivity index (χ1n) is 13.8. The predicted molar refractivity (Wildman–Crippen MR) is 161 cm³/mol. The molecule has 2 N–H and O–H groups in total. The van der Waals surface area contributed by atoms with Crippen LogP contribution in [-0.2, 0) is 21.7 Å². The summed E-state index contributed by atoms with van der Waals surface area (Å²) in [6.45, 7) is 4.98. The number of halogens is 2. The van der Waals surface area contributed by atoms with E-state index >= 15 is 0 Å². The van der Waals surface area contributed by atoms with Gasteiger partial charge in [0.15, 0.2) is 0 Å². The number of likely N-dealkylation sites (tertiary alicyclic amines) is 1. The number of benzene rings is 3. The third-order valence-corrected chi connectivity index (χ3v) is 8.34. The first kappa shape index (κ1) is 29.9. The van der Waals surface area contributed by atoms with Gasteiger partial charge >= 0.3 is 6.09 Å². The van der Waals surface area contributed by atoms with E-state index in [0.717, 1.165) is 62.0 Å². The van der Waals surface area contributed by atoms with Crippen molar-refractivity contribution in [2.24, 2.45) is 0 Å². The highest BCUT2D eigenvalue weighted by atomic mass is 35.5. The van der Waals surface area contributed by atoms with E-state index in [1.54, 1.807) is 13.0 Å². The summed E-state index contributed by atoms with van der Waals surface area (Å²) in [5.41, 5.74) is 2.81. The zero-order chi connectivity index (χ0) is 28.4. The van der Waals surface area contributed by atoms with Crippen molar-refractivity contribution >= 4 is 35.2 Å². The molecular formula is C32H37Cl2N3O3. The second kappa shape index (κ2) is 14.5. The van der Waals surface area contributed by atoms with Gasteiger partial charge in [-0.3, -0.25) is 4.79 Å². The molecule has 4 rings (SSSR count). The SMILES string of the molecule is CC(=O)NC1(c2ccccc2)CCN(CCCC(CNC(=O)OCc2ccccc2)c2ccc(Cl)c(Cl)c2)CC1. The molecule has 0 spiro atoms. The summed E-state index contributed by atoms with van der Waals surface area (Å²) in [5.74, 6) is 0.0585. The number of rotatable bonds is 11. The zero-order valence-electron chi connectivity index (χ0n) is 22.9. The Morgan fingerprint density at radius 1 is 0.950 bits per heavy atom. The van der Waals surface area contributed by atoms with Crippen LogP contribution >= 0.6 is 23.2 Å². The molecule has 3 aromatic carbocycles. The molecule has 1 heterocycles. The van der Waals surface area contributed by atoms with Crippen molar-refractivity contribution in [3.05, 3.63) is 106 Å². The molecule has 1 aliphatic rings. The Bertz CT molecular complexity index is 1250. The number of carbonyl (C=O) groups is 2. The first-order valence-corrected chi connectivity index (χ1v) is 14.6. The Kier molecular flexibility index (Phi) is 10.9. The van der Waals surface area contributed by atoms with Crippen LogP contribution in [-0.4, -0.2) is 43.1 Å². The summed E-state index contributed by atoms with van der Waals surface area (Å²) in [4.78, 5) is 26.9. The highest BCUT2D eigenvalue weighted by Crippen LogP contribution is 2.34. The van der Waals surface area contributed by atoms with Gasteiger partial charge in [-0.05, 0) is 61.1 Å². The number of amides is 2. The van der Waals surface area contributed by atoms with Gasteiger partial charge in [0.05, 0.1) is 15.6 Å². The minimum Gasteiger partial charge on any atom is -0.445 e. The van der Waals surface area contributed by atoms with E-state index in [-0.39, 0.29) is 24.0 Å². The van der Waals surface area contributed by atoms with Crippen LogP contribution in [0.4, 0.5) is 4.79 Å². The summed E-state index contributed by atoms with van der Waals surface area (Å²) in [5, 5.41) is 7.18. The maximum Gasteiger partial charge on any atom is 0.407 e. The average Bonchev–Trinajstić information content (AvgIpc) is 2.97. The molecule has 1 atom stereocenters. The number of nitrogens with one attached hydrogen (secondary N) is 2. The van der Waals surface area contributed by atoms with Gasteiger partial charge in [-0.15, -0.1) is 0 Å². The van der Waals surface area contributed by atoms with Gasteiger partial charge in [-0.1, -0.05) is 89.9 Å². The quantitative estimate of drug-likeness (QED) is 0.258. The zero-order valence-corrected chi connectivity index (χ0v) is 24.4. The molecule has 1 unspecified atom stereocenters. The van der Waals surface area contributed by atoms with E-state index < -0.39 is 6.09 Å². The van der Waals surface area contributed by atoms with Crippen LogP contribution in [0.5, 0.6) is 0 Å². The fourth-order valence-electron chi connectivity index (χ4n) is 5.43. The van der Waals surface area contributed by atoms with E-state index in [4.69, 9.17) is 27.9 Å². The summed E-state index contributed by atoms with van der Waals surface area (Å²) in [6.07, 6.45) is 3.09. The second-order valence-electron chi connectivity index (χ2n) is 10.4. The lowest BCUT2D eigenvalue weighted by Crippen LogP contribution is -2.52. The number of hydrogen-bond donors (Lipinski definition) is 2. The van der Waals surface area contributed by atoms with Gasteiger partial charge in [-0.25, -0.2) is 4.79 Å². The van der Waals surface area contributed by atoms with Crippen LogP contribution < -0.4 is 10.6 Å². The van der Waals surface area contributed by atoms with Gasteiger partial charge < -0.3 is 20.3 Å². The fraction of sp³-hybridized carbons (Fsp3) is 0.375. The highest BCUT2D eigenvalue weighted by molar-refractivity contribution is 6.42. The molecule has 40 heavy (non-hydrogen) atoms. The van der Waals surface area contributed by atoms with Gasteiger partial charge in [0.1, 0.15) is 6.61 Å². The lowest BCUT2D eigenvalue weighted by molar-refractivity contribution is -0.121. The summed E-state index contributed by atoms with van der Waals surface area (Å²) in [6, 6.07) is 25.5. The van der Waals surface area contributed by atoms with Gasteiger partial charge in [0, 0.05) is 32.5 Å². The Morgan fingerprint density at radius 2 is 1.62 bits per heavy atom. The molecule has 2 amide bonds. The molecule has 1 fully saturated rings. The van der Waals surface area contributed by atoms with Gasteiger partial charge in [-0.2, -0.15) is 0 Å². The maximum atomic E-state index is 12.4. The Morgan fingerprint density at radius 3 is 2.27 bits per heavy atom. The number of ether oxygens (including phenoxy) is 1. The van der Waals surface area contributed by atoms with Crippen LogP contribution in [0.1, 0.15) is 55.2 Å². The number of carbonyl (C=O) groups excluding carboxylic acids is 2. The molecule has 0 saturated carbocycles. The van der Waals surface area contributed by atoms with E-state index in [9.17, 15) is 9.59 Å². The van der Waals surface area contributed by atoms with E-state index in [1.807, 2.05) is 60.7 Å². The van der Waals surface area contributed by atoms with Gasteiger partial charge in [0.2, 0.25) is 5.91 Å². The molecule has 6 nitrogen and oxygen atoms in total. The van der Waals surface area contributed by atoms with Crippen molar-refractivity contribution < 1.29 is 14.3 Å². The molecule has 212 valence electrons. The summed E-state index contributed by atoms with van der Waals surface area (Å²) >= 11 is 12.5. The van der Waals surface area contributed by atoms with Crippen LogP contribution in [0.15, 0.2) is 78.9 Å². The molecule has 0 radical (unpaired) electrons. The standard InChI is InChI=1S/C32H37Cl2N3O3/c1-24(38)36-32(28-12-6-3-7-13-28)16-19-37(20-17-32)18-8-11-27(26-14-15-29(33)30(34)21-26)22-35-31(39)40-23-25-9-4-2-5-10-25/h2-7,9-10,12-15,21,27H,8,11,16-20,22-23H2,1H3,(H,35,39)(H,36,38). The van der Waals surface area contributed by atoms with Crippen LogP contribution in [0, 0.1) is 0 Å². The van der Waals surface area contributed by atoms with Crippen molar-refractivity contribution in [2.45, 2.75) is 50.7 Å². The molecule has 3 aromatic rings. The van der Waals surface area contributed by atoms with Crippen LogP contribution in [0.2, 0.25) is 10.0 Å². The minimum atomic E-state index is -0.444. The lowest BCUT2D eigenvalue weighted by atomic mass is 9.80. The predicted octanol–water partition coefficient (Wildman–Crippen LogP) is 6.91. The Balaban J connectivity index is 1.31. The molecule has 0 aromatic heterocycles. The van der Waals surface area contributed by atoms with Crippen molar-refractivity contribution in [3.63, 3.8) is 0 Å². The highest BCUT2D eigenvalue weighted by Gasteiger charge is 2.36. The normalized spacial score (nSPS) is 15.7. The minimum absolute atomic E-state index is 0.00318. The third kappa shape index (κ3) is 8.47. The van der Waals surface area contributed by atoms with Crippen molar-refractivity contribution in [2.75, 3.05) is 26.2 Å². The molecule has 8 heteroatoms. The van der Waals surface area contributed by atoms with E-state index in [1.165, 1.54) is 0 Å². The number of piperidine rings is 1. The molecule has 1 aliphatic heterocycles. The molecular weight excluding hydrogens is 545 g/mol. The van der Waals surface area contributed by atoms with Crippen molar-refractivity contribution in [3.8, 4) is 0 Å². The molecule has 1 saturated heterocycles. The van der Waals surface area contributed by atoms with Crippen molar-refractivity contribution in [1.82, 2.24) is 15.5 Å². The molecule has 0 aliphatic carbocycles.